The molecule has 0 aliphatic heterocycles. The van der Waals surface area contributed by atoms with Crippen LogP contribution in [0.25, 0.3) is 0 Å². The smallest absolute Gasteiger partial charge is 0.257 e. The second-order valence-electron chi connectivity index (χ2n) is 5.60. The number of hydrogen-bond acceptors (Lipinski definition) is 3. The zero-order valence-electron chi connectivity index (χ0n) is 14.3. The molecule has 2 rings (SSSR count). The second-order valence-corrected chi connectivity index (χ2v) is 6.01. The van der Waals surface area contributed by atoms with Gasteiger partial charge in [-0.2, -0.15) is 0 Å². The van der Waals surface area contributed by atoms with Gasteiger partial charge in [-0.1, -0.05) is 13.3 Å². The molecule has 0 radical (unpaired) electrons. The monoisotopic (exact) mass is 373 g/mol. The van der Waals surface area contributed by atoms with E-state index in [1.807, 2.05) is 0 Å². The van der Waals surface area contributed by atoms with Crippen LogP contribution < -0.4 is 16.0 Å². The molecule has 0 fully saturated rings. The standard InChI is InChI=1S/C19H20FN3O2S/c1-2-3-12-21-17(24)13-6-10-16(11-7-13)22-19(26)23-18(25)14-4-8-15(20)9-5-14/h4-11H,2-3,12H2,1H3,(H,21,24)(H2,22,23,25,26). The first-order valence-corrected chi connectivity index (χ1v) is 8.66. The maximum Gasteiger partial charge on any atom is 0.257 e. The Balaban J connectivity index is 1.87. The van der Waals surface area contributed by atoms with Crippen molar-refractivity contribution in [2.75, 3.05) is 11.9 Å². The zero-order valence-corrected chi connectivity index (χ0v) is 15.2. The minimum atomic E-state index is -0.436. The maximum atomic E-state index is 12.9. The van der Waals surface area contributed by atoms with E-state index in [1.54, 1.807) is 24.3 Å². The van der Waals surface area contributed by atoms with Gasteiger partial charge in [0.1, 0.15) is 5.82 Å². The lowest BCUT2D eigenvalue weighted by Gasteiger charge is -2.10. The molecule has 26 heavy (non-hydrogen) atoms. The first kappa shape index (κ1) is 19.5. The Morgan fingerprint density at radius 1 is 0.962 bits per heavy atom. The van der Waals surface area contributed by atoms with Gasteiger partial charge in [0.2, 0.25) is 0 Å². The number of carbonyl (C=O) groups is 2. The summed E-state index contributed by atoms with van der Waals surface area (Å²) >= 11 is 5.10. The Morgan fingerprint density at radius 3 is 2.15 bits per heavy atom. The number of hydrogen-bond donors (Lipinski definition) is 3. The van der Waals surface area contributed by atoms with E-state index in [4.69, 9.17) is 12.2 Å². The molecule has 2 aromatic carbocycles. The summed E-state index contributed by atoms with van der Waals surface area (Å²) in [6, 6.07) is 11.9. The van der Waals surface area contributed by atoms with Crippen molar-refractivity contribution in [3.63, 3.8) is 0 Å². The highest BCUT2D eigenvalue weighted by Crippen LogP contribution is 2.10. The van der Waals surface area contributed by atoms with E-state index < -0.39 is 11.7 Å². The van der Waals surface area contributed by atoms with Crippen molar-refractivity contribution in [3.8, 4) is 0 Å². The topological polar surface area (TPSA) is 70.2 Å². The summed E-state index contributed by atoms with van der Waals surface area (Å²) in [6.07, 6.45) is 1.96. The highest BCUT2D eigenvalue weighted by molar-refractivity contribution is 7.80. The molecule has 0 unspecified atom stereocenters. The summed E-state index contributed by atoms with van der Waals surface area (Å²) in [7, 11) is 0. The van der Waals surface area contributed by atoms with Crippen LogP contribution >= 0.6 is 12.2 Å². The minimum Gasteiger partial charge on any atom is -0.352 e. The average Bonchev–Trinajstić information content (AvgIpc) is 2.62. The lowest BCUT2D eigenvalue weighted by Crippen LogP contribution is -2.34. The highest BCUT2D eigenvalue weighted by Gasteiger charge is 2.09. The number of benzene rings is 2. The fraction of sp³-hybridized carbons (Fsp3) is 0.211. The van der Waals surface area contributed by atoms with Crippen LogP contribution in [0.4, 0.5) is 10.1 Å². The third-order valence-electron chi connectivity index (χ3n) is 3.55. The van der Waals surface area contributed by atoms with Gasteiger partial charge in [-0.25, -0.2) is 4.39 Å². The predicted octanol–water partition coefficient (Wildman–Crippen LogP) is 3.48. The number of amides is 2. The number of halogens is 1. The molecule has 0 atom stereocenters. The molecule has 0 aliphatic carbocycles. The van der Waals surface area contributed by atoms with Crippen molar-refractivity contribution in [2.24, 2.45) is 0 Å². The summed E-state index contributed by atoms with van der Waals surface area (Å²) in [4.78, 5) is 23.9. The van der Waals surface area contributed by atoms with Gasteiger partial charge in [0.25, 0.3) is 11.8 Å². The van der Waals surface area contributed by atoms with Gasteiger partial charge in [0, 0.05) is 23.4 Å². The van der Waals surface area contributed by atoms with Crippen molar-refractivity contribution >= 4 is 34.8 Å². The molecule has 136 valence electrons. The van der Waals surface area contributed by atoms with E-state index >= 15 is 0 Å². The molecule has 7 heteroatoms. The molecular formula is C19H20FN3O2S. The minimum absolute atomic E-state index is 0.111. The van der Waals surface area contributed by atoms with E-state index in [2.05, 4.69) is 22.9 Å². The number of rotatable bonds is 6. The Morgan fingerprint density at radius 2 is 1.54 bits per heavy atom. The average molecular weight is 373 g/mol. The largest absolute Gasteiger partial charge is 0.352 e. The molecular weight excluding hydrogens is 353 g/mol. The summed E-state index contributed by atoms with van der Waals surface area (Å²) in [5.74, 6) is -0.979. The quantitative estimate of drug-likeness (QED) is 0.536. The van der Waals surface area contributed by atoms with Crippen LogP contribution in [0, 0.1) is 5.82 Å². The van der Waals surface area contributed by atoms with E-state index in [9.17, 15) is 14.0 Å². The van der Waals surface area contributed by atoms with Crippen LogP contribution in [0.3, 0.4) is 0 Å². The van der Waals surface area contributed by atoms with Crippen LogP contribution in [0.15, 0.2) is 48.5 Å². The fourth-order valence-electron chi connectivity index (χ4n) is 2.12. The number of nitrogens with one attached hydrogen (secondary N) is 3. The molecule has 0 saturated heterocycles. The molecule has 2 amide bonds. The van der Waals surface area contributed by atoms with Crippen LogP contribution in [-0.2, 0) is 0 Å². The van der Waals surface area contributed by atoms with E-state index in [0.717, 1.165) is 12.8 Å². The van der Waals surface area contributed by atoms with Crippen LogP contribution in [-0.4, -0.2) is 23.5 Å². The lowest BCUT2D eigenvalue weighted by atomic mass is 10.2. The van der Waals surface area contributed by atoms with Crippen molar-refractivity contribution in [1.82, 2.24) is 10.6 Å². The maximum absolute atomic E-state index is 12.9. The third kappa shape index (κ3) is 5.93. The number of anilines is 1. The highest BCUT2D eigenvalue weighted by atomic mass is 32.1. The molecule has 0 bridgehead atoms. The Hall–Kier alpha value is -2.80. The van der Waals surface area contributed by atoms with Gasteiger partial charge in [-0.3, -0.25) is 14.9 Å². The van der Waals surface area contributed by atoms with Crippen molar-refractivity contribution in [2.45, 2.75) is 19.8 Å². The summed E-state index contributed by atoms with van der Waals surface area (Å²) in [5, 5.41) is 8.33. The summed E-state index contributed by atoms with van der Waals surface area (Å²) < 4.78 is 12.9. The van der Waals surface area contributed by atoms with Gasteiger partial charge < -0.3 is 10.6 Å². The predicted molar refractivity (Wildman–Crippen MR) is 104 cm³/mol. The first-order chi connectivity index (χ1) is 12.5. The van der Waals surface area contributed by atoms with Crippen molar-refractivity contribution in [1.29, 1.82) is 0 Å². The second kappa shape index (κ2) is 9.62. The Kier molecular flexibility index (Phi) is 7.23. The van der Waals surface area contributed by atoms with Gasteiger partial charge >= 0.3 is 0 Å². The van der Waals surface area contributed by atoms with Gasteiger partial charge in [-0.15, -0.1) is 0 Å². The lowest BCUT2D eigenvalue weighted by molar-refractivity contribution is 0.0950. The third-order valence-corrected chi connectivity index (χ3v) is 3.76. The van der Waals surface area contributed by atoms with E-state index in [-0.39, 0.29) is 11.0 Å². The molecule has 5 nitrogen and oxygen atoms in total. The van der Waals surface area contributed by atoms with Crippen LogP contribution in [0.5, 0.6) is 0 Å². The molecule has 0 aliphatic rings. The van der Waals surface area contributed by atoms with Crippen LogP contribution in [0.1, 0.15) is 40.5 Å². The summed E-state index contributed by atoms with van der Waals surface area (Å²) in [6.45, 7) is 2.71. The fourth-order valence-corrected chi connectivity index (χ4v) is 2.34. The number of thiocarbonyl (C=S) groups is 1. The van der Waals surface area contributed by atoms with Crippen LogP contribution in [0.2, 0.25) is 0 Å². The van der Waals surface area contributed by atoms with Gasteiger partial charge in [0.15, 0.2) is 5.11 Å². The van der Waals surface area contributed by atoms with Crippen molar-refractivity contribution in [3.05, 3.63) is 65.5 Å². The number of unbranched alkanes of at least 4 members (excludes halogenated alkanes) is 1. The van der Waals surface area contributed by atoms with E-state index in [0.29, 0.717) is 23.4 Å². The van der Waals surface area contributed by atoms with Gasteiger partial charge in [0.05, 0.1) is 0 Å². The molecule has 3 N–H and O–H groups in total. The first-order valence-electron chi connectivity index (χ1n) is 8.25. The summed E-state index contributed by atoms with van der Waals surface area (Å²) in [5.41, 5.74) is 1.49. The Labute approximate surface area is 157 Å². The number of carbonyl (C=O) groups excluding carboxylic acids is 2. The molecule has 0 heterocycles. The molecule has 0 spiro atoms. The zero-order chi connectivity index (χ0) is 18.9. The Bertz CT molecular complexity index is 776. The molecule has 0 aromatic heterocycles. The van der Waals surface area contributed by atoms with E-state index in [1.165, 1.54) is 24.3 Å². The molecule has 0 saturated carbocycles. The SMILES string of the molecule is CCCCNC(=O)c1ccc(NC(=S)NC(=O)c2ccc(F)cc2)cc1. The van der Waals surface area contributed by atoms with Crippen molar-refractivity contribution < 1.29 is 14.0 Å². The van der Waals surface area contributed by atoms with Gasteiger partial charge in [-0.05, 0) is 67.2 Å². The molecule has 2 aromatic rings. The normalized spacial score (nSPS) is 10.1.